The first kappa shape index (κ1) is 17.5. The first-order chi connectivity index (χ1) is 12.0. The Morgan fingerprint density at radius 3 is 2.64 bits per heavy atom. The van der Waals surface area contributed by atoms with Gasteiger partial charge in [-0.15, -0.1) is 0 Å². The van der Waals surface area contributed by atoms with Crippen LogP contribution >= 0.6 is 23.2 Å². The van der Waals surface area contributed by atoms with Crippen molar-refractivity contribution >= 4 is 29.1 Å². The number of aryl methyl sites for hydroxylation is 1. The van der Waals surface area contributed by atoms with Crippen LogP contribution < -0.4 is 5.32 Å². The molecule has 0 aliphatic carbocycles. The van der Waals surface area contributed by atoms with Crippen molar-refractivity contribution in [2.75, 3.05) is 0 Å². The highest BCUT2D eigenvalue weighted by Crippen LogP contribution is 2.24. The molecular formula is C18H15Cl2N3O2. The molecule has 128 valence electrons. The number of rotatable bonds is 4. The average Bonchev–Trinajstić information content (AvgIpc) is 3.08. The van der Waals surface area contributed by atoms with Gasteiger partial charge in [0.05, 0.1) is 10.6 Å². The van der Waals surface area contributed by atoms with E-state index in [2.05, 4.69) is 15.5 Å². The van der Waals surface area contributed by atoms with E-state index in [1.54, 1.807) is 37.3 Å². The lowest BCUT2D eigenvalue weighted by Crippen LogP contribution is -2.27. The first-order valence-corrected chi connectivity index (χ1v) is 8.37. The Kier molecular flexibility index (Phi) is 5.06. The van der Waals surface area contributed by atoms with Gasteiger partial charge < -0.3 is 9.84 Å². The third-order valence-corrected chi connectivity index (χ3v) is 4.45. The minimum Gasteiger partial charge on any atom is -0.340 e. The summed E-state index contributed by atoms with van der Waals surface area (Å²) < 4.78 is 5.27. The molecule has 2 aromatic carbocycles. The Labute approximate surface area is 155 Å². The minimum absolute atomic E-state index is 0.298. The van der Waals surface area contributed by atoms with Crippen molar-refractivity contribution in [2.24, 2.45) is 0 Å². The number of hydrogen-bond acceptors (Lipinski definition) is 4. The number of nitrogens with one attached hydrogen (secondary N) is 1. The van der Waals surface area contributed by atoms with E-state index < -0.39 is 6.04 Å². The van der Waals surface area contributed by atoms with Crippen molar-refractivity contribution in [3.05, 3.63) is 69.5 Å². The molecule has 0 fully saturated rings. The number of carbonyl (C=O) groups excluding carboxylic acids is 1. The molecule has 0 saturated heterocycles. The highest BCUT2D eigenvalue weighted by Gasteiger charge is 2.19. The van der Waals surface area contributed by atoms with Crippen LogP contribution in [0.3, 0.4) is 0 Å². The highest BCUT2D eigenvalue weighted by molar-refractivity contribution is 6.33. The number of amides is 1. The van der Waals surface area contributed by atoms with Crippen LogP contribution in [0.15, 0.2) is 47.0 Å². The van der Waals surface area contributed by atoms with Gasteiger partial charge >= 0.3 is 0 Å². The maximum Gasteiger partial charge on any atom is 0.253 e. The van der Waals surface area contributed by atoms with Gasteiger partial charge in [0.2, 0.25) is 11.7 Å². The molecule has 3 rings (SSSR count). The average molecular weight is 376 g/mol. The summed E-state index contributed by atoms with van der Waals surface area (Å²) in [7, 11) is 0. The number of carbonyl (C=O) groups is 1. The zero-order valence-corrected chi connectivity index (χ0v) is 15.1. The fourth-order valence-electron chi connectivity index (χ4n) is 2.24. The summed E-state index contributed by atoms with van der Waals surface area (Å²) in [6.45, 7) is 3.67. The monoisotopic (exact) mass is 375 g/mol. The van der Waals surface area contributed by atoms with Crippen LogP contribution in [-0.2, 0) is 0 Å². The van der Waals surface area contributed by atoms with Crippen molar-refractivity contribution in [1.82, 2.24) is 15.5 Å². The van der Waals surface area contributed by atoms with Gasteiger partial charge in [-0.1, -0.05) is 52.6 Å². The number of halogens is 2. The Hall–Kier alpha value is -2.37. The minimum atomic E-state index is -0.467. The van der Waals surface area contributed by atoms with Gasteiger partial charge in [0, 0.05) is 10.6 Å². The Balaban J connectivity index is 1.76. The van der Waals surface area contributed by atoms with Gasteiger partial charge in [-0.25, -0.2) is 0 Å². The van der Waals surface area contributed by atoms with Crippen LogP contribution in [0.25, 0.3) is 11.4 Å². The van der Waals surface area contributed by atoms with E-state index in [-0.39, 0.29) is 5.91 Å². The molecule has 0 unspecified atom stereocenters. The SMILES string of the molecule is Cc1ccc(-c2noc([C@@H](C)NC(=O)c3ccccc3Cl)n2)cc1Cl. The predicted molar refractivity (Wildman–Crippen MR) is 96.8 cm³/mol. The first-order valence-electron chi connectivity index (χ1n) is 7.61. The van der Waals surface area contributed by atoms with Crippen LogP contribution in [0.1, 0.15) is 34.8 Å². The van der Waals surface area contributed by atoms with E-state index >= 15 is 0 Å². The van der Waals surface area contributed by atoms with Crippen LogP contribution in [-0.4, -0.2) is 16.0 Å². The van der Waals surface area contributed by atoms with Crippen molar-refractivity contribution in [3.63, 3.8) is 0 Å². The second-order valence-electron chi connectivity index (χ2n) is 5.60. The van der Waals surface area contributed by atoms with E-state index in [4.69, 9.17) is 27.7 Å². The molecule has 0 aliphatic heterocycles. The summed E-state index contributed by atoms with van der Waals surface area (Å²) >= 11 is 12.2. The maximum atomic E-state index is 12.3. The molecule has 1 N–H and O–H groups in total. The smallest absolute Gasteiger partial charge is 0.253 e. The second-order valence-corrected chi connectivity index (χ2v) is 6.41. The maximum absolute atomic E-state index is 12.3. The highest BCUT2D eigenvalue weighted by atomic mass is 35.5. The molecule has 0 saturated carbocycles. The van der Waals surface area contributed by atoms with E-state index in [1.807, 2.05) is 19.1 Å². The van der Waals surface area contributed by atoms with Gasteiger partial charge in [0.1, 0.15) is 6.04 Å². The van der Waals surface area contributed by atoms with Crippen LogP contribution in [0.5, 0.6) is 0 Å². The normalized spacial score (nSPS) is 12.0. The summed E-state index contributed by atoms with van der Waals surface area (Å²) in [6, 6.07) is 11.9. The predicted octanol–water partition coefficient (Wildman–Crippen LogP) is 4.84. The summed E-state index contributed by atoms with van der Waals surface area (Å²) in [5.41, 5.74) is 2.10. The molecular weight excluding hydrogens is 361 g/mol. The molecule has 3 aromatic rings. The molecule has 1 heterocycles. The molecule has 0 spiro atoms. The Morgan fingerprint density at radius 1 is 1.16 bits per heavy atom. The summed E-state index contributed by atoms with van der Waals surface area (Å²) in [4.78, 5) is 16.6. The zero-order chi connectivity index (χ0) is 18.0. The molecule has 0 aliphatic rings. The second kappa shape index (κ2) is 7.25. The van der Waals surface area contributed by atoms with E-state index in [0.29, 0.717) is 27.3 Å². The lowest BCUT2D eigenvalue weighted by molar-refractivity contribution is 0.0932. The molecule has 1 atom stereocenters. The van der Waals surface area contributed by atoms with Crippen molar-refractivity contribution in [2.45, 2.75) is 19.9 Å². The van der Waals surface area contributed by atoms with Crippen LogP contribution in [0, 0.1) is 6.92 Å². The molecule has 1 amide bonds. The number of aromatic nitrogens is 2. The Morgan fingerprint density at radius 2 is 1.92 bits per heavy atom. The molecule has 25 heavy (non-hydrogen) atoms. The largest absolute Gasteiger partial charge is 0.340 e. The zero-order valence-electron chi connectivity index (χ0n) is 13.6. The fourth-order valence-corrected chi connectivity index (χ4v) is 2.64. The standard InChI is InChI=1S/C18H15Cl2N3O2/c1-10-7-8-12(9-15(10)20)16-22-18(25-23-16)11(2)21-17(24)13-5-3-4-6-14(13)19/h3-9,11H,1-2H3,(H,21,24)/t11-/m1/s1. The molecule has 7 heteroatoms. The van der Waals surface area contributed by atoms with Gasteiger partial charge in [-0.05, 0) is 37.6 Å². The lowest BCUT2D eigenvalue weighted by Gasteiger charge is -2.10. The van der Waals surface area contributed by atoms with Crippen LogP contribution in [0.2, 0.25) is 10.0 Å². The van der Waals surface area contributed by atoms with Gasteiger partial charge in [0.15, 0.2) is 0 Å². The fraction of sp³-hybridized carbons (Fsp3) is 0.167. The quantitative estimate of drug-likeness (QED) is 0.707. The van der Waals surface area contributed by atoms with Crippen LogP contribution in [0.4, 0.5) is 0 Å². The van der Waals surface area contributed by atoms with Gasteiger partial charge in [-0.3, -0.25) is 4.79 Å². The third kappa shape index (κ3) is 3.83. The van der Waals surface area contributed by atoms with Crippen molar-refractivity contribution in [1.29, 1.82) is 0 Å². The van der Waals surface area contributed by atoms with Gasteiger partial charge in [-0.2, -0.15) is 4.98 Å². The lowest BCUT2D eigenvalue weighted by atomic mass is 10.1. The van der Waals surface area contributed by atoms with Gasteiger partial charge in [0.25, 0.3) is 5.91 Å². The number of hydrogen-bond donors (Lipinski definition) is 1. The van der Waals surface area contributed by atoms with Crippen molar-refractivity contribution in [3.8, 4) is 11.4 Å². The topological polar surface area (TPSA) is 68.0 Å². The molecule has 5 nitrogen and oxygen atoms in total. The van der Waals surface area contributed by atoms with E-state index in [9.17, 15) is 4.79 Å². The molecule has 1 aromatic heterocycles. The Bertz CT molecular complexity index is 924. The molecule has 0 bridgehead atoms. The number of nitrogens with zero attached hydrogens (tertiary/aromatic N) is 2. The third-order valence-electron chi connectivity index (χ3n) is 3.71. The number of benzene rings is 2. The van der Waals surface area contributed by atoms with Crippen molar-refractivity contribution < 1.29 is 9.32 Å². The summed E-state index contributed by atoms with van der Waals surface area (Å²) in [5.74, 6) is 0.402. The summed E-state index contributed by atoms with van der Waals surface area (Å²) in [5, 5.41) is 7.76. The summed E-state index contributed by atoms with van der Waals surface area (Å²) in [6.07, 6.45) is 0. The molecule has 0 radical (unpaired) electrons. The van der Waals surface area contributed by atoms with E-state index in [1.165, 1.54) is 0 Å². The van der Waals surface area contributed by atoms with E-state index in [0.717, 1.165) is 11.1 Å².